The molecular formula is C22H28N2O4. The van der Waals surface area contributed by atoms with Gasteiger partial charge in [-0.2, -0.15) is 0 Å². The van der Waals surface area contributed by atoms with Crippen molar-refractivity contribution in [3.63, 3.8) is 0 Å². The Bertz CT molecular complexity index is 799. The highest BCUT2D eigenvalue weighted by Crippen LogP contribution is 2.25. The average Bonchev–Trinajstić information content (AvgIpc) is 2.73. The van der Waals surface area contributed by atoms with Gasteiger partial charge in [0.1, 0.15) is 11.5 Å². The first-order chi connectivity index (χ1) is 13.5. The summed E-state index contributed by atoms with van der Waals surface area (Å²) in [4.78, 5) is 26.4. The molecule has 0 aliphatic heterocycles. The Balaban J connectivity index is 1.96. The molecule has 2 aromatic carbocycles. The molecule has 150 valence electrons. The van der Waals surface area contributed by atoms with Gasteiger partial charge in [0.05, 0.1) is 14.2 Å². The number of methoxy groups -OCH3 is 2. The maximum Gasteiger partial charge on any atom is 0.253 e. The molecule has 0 radical (unpaired) electrons. The standard InChI is InChI=1S/C22H28N2O4/c1-5-24(6-2)22(26)16-7-10-18(11-8-16)23-21(25)14-9-17-15-19(27-3)12-13-20(17)28-4/h7-8,10-13,15H,5-6,9,14H2,1-4H3,(H,23,25). The number of hydrogen-bond donors (Lipinski definition) is 1. The van der Waals surface area contributed by atoms with E-state index < -0.39 is 0 Å². The highest BCUT2D eigenvalue weighted by atomic mass is 16.5. The second-order valence-electron chi connectivity index (χ2n) is 6.28. The third kappa shape index (κ3) is 5.49. The zero-order valence-corrected chi connectivity index (χ0v) is 17.0. The normalized spacial score (nSPS) is 10.3. The van der Waals surface area contributed by atoms with Crippen LogP contribution in [0.15, 0.2) is 42.5 Å². The lowest BCUT2D eigenvalue weighted by molar-refractivity contribution is -0.116. The average molecular weight is 384 g/mol. The number of ether oxygens (including phenoxy) is 2. The predicted molar refractivity (Wildman–Crippen MR) is 110 cm³/mol. The summed E-state index contributed by atoms with van der Waals surface area (Å²) in [7, 11) is 3.21. The largest absolute Gasteiger partial charge is 0.497 e. The van der Waals surface area contributed by atoms with Crippen molar-refractivity contribution in [2.24, 2.45) is 0 Å². The Hall–Kier alpha value is -3.02. The molecule has 2 rings (SSSR count). The minimum atomic E-state index is -0.104. The van der Waals surface area contributed by atoms with E-state index in [1.54, 1.807) is 43.4 Å². The number of aryl methyl sites for hydroxylation is 1. The molecule has 0 fully saturated rings. The molecule has 2 amide bonds. The maximum atomic E-state index is 12.3. The van der Waals surface area contributed by atoms with Crippen LogP contribution in [0.5, 0.6) is 11.5 Å². The Morgan fingerprint density at radius 1 is 0.964 bits per heavy atom. The van der Waals surface area contributed by atoms with Crippen LogP contribution in [0.1, 0.15) is 36.2 Å². The van der Waals surface area contributed by atoms with E-state index in [-0.39, 0.29) is 11.8 Å². The smallest absolute Gasteiger partial charge is 0.253 e. The van der Waals surface area contributed by atoms with Crippen LogP contribution in [0.2, 0.25) is 0 Å². The molecule has 0 aromatic heterocycles. The van der Waals surface area contributed by atoms with Crippen LogP contribution in [-0.4, -0.2) is 44.0 Å². The van der Waals surface area contributed by atoms with Gasteiger partial charge in [0, 0.05) is 30.8 Å². The minimum absolute atomic E-state index is 0.00648. The van der Waals surface area contributed by atoms with Crippen LogP contribution in [-0.2, 0) is 11.2 Å². The number of rotatable bonds is 9. The van der Waals surface area contributed by atoms with E-state index in [4.69, 9.17) is 9.47 Å². The van der Waals surface area contributed by atoms with Crippen LogP contribution in [0.3, 0.4) is 0 Å². The van der Waals surface area contributed by atoms with Crippen LogP contribution in [0.4, 0.5) is 5.69 Å². The lowest BCUT2D eigenvalue weighted by Gasteiger charge is -2.18. The van der Waals surface area contributed by atoms with Crippen LogP contribution in [0.25, 0.3) is 0 Å². The van der Waals surface area contributed by atoms with Gasteiger partial charge >= 0.3 is 0 Å². The van der Waals surface area contributed by atoms with Crippen molar-refractivity contribution in [1.82, 2.24) is 4.90 Å². The lowest BCUT2D eigenvalue weighted by Crippen LogP contribution is -2.30. The number of benzene rings is 2. The Morgan fingerprint density at radius 2 is 1.64 bits per heavy atom. The molecular weight excluding hydrogens is 356 g/mol. The van der Waals surface area contributed by atoms with Crippen LogP contribution < -0.4 is 14.8 Å². The lowest BCUT2D eigenvalue weighted by atomic mass is 10.1. The summed E-state index contributed by atoms with van der Waals surface area (Å²) in [5, 5.41) is 2.87. The zero-order chi connectivity index (χ0) is 20.5. The molecule has 0 heterocycles. The molecule has 1 N–H and O–H groups in total. The van der Waals surface area contributed by atoms with Crippen molar-refractivity contribution in [2.45, 2.75) is 26.7 Å². The van der Waals surface area contributed by atoms with E-state index in [9.17, 15) is 9.59 Å². The molecule has 0 atom stereocenters. The number of nitrogens with zero attached hydrogens (tertiary/aromatic N) is 1. The first-order valence-electron chi connectivity index (χ1n) is 9.42. The summed E-state index contributed by atoms with van der Waals surface area (Å²) < 4.78 is 10.6. The number of anilines is 1. The van der Waals surface area contributed by atoms with Crippen molar-refractivity contribution >= 4 is 17.5 Å². The van der Waals surface area contributed by atoms with Crippen molar-refractivity contribution < 1.29 is 19.1 Å². The SMILES string of the molecule is CCN(CC)C(=O)c1ccc(NC(=O)CCc2cc(OC)ccc2OC)cc1. The summed E-state index contributed by atoms with van der Waals surface area (Å²) in [5.41, 5.74) is 2.19. The highest BCUT2D eigenvalue weighted by Gasteiger charge is 2.13. The van der Waals surface area contributed by atoms with Gasteiger partial charge in [0.25, 0.3) is 5.91 Å². The Morgan fingerprint density at radius 3 is 2.21 bits per heavy atom. The third-order valence-corrected chi connectivity index (χ3v) is 4.58. The number of hydrogen-bond acceptors (Lipinski definition) is 4. The molecule has 0 aliphatic rings. The fraction of sp³-hybridized carbons (Fsp3) is 0.364. The van der Waals surface area contributed by atoms with E-state index in [0.29, 0.717) is 37.2 Å². The van der Waals surface area contributed by atoms with Gasteiger partial charge in [-0.3, -0.25) is 9.59 Å². The molecule has 0 saturated carbocycles. The van der Waals surface area contributed by atoms with E-state index in [1.165, 1.54) is 0 Å². The second-order valence-corrected chi connectivity index (χ2v) is 6.28. The summed E-state index contributed by atoms with van der Waals surface area (Å²) in [5.74, 6) is 1.35. The van der Waals surface area contributed by atoms with Gasteiger partial charge < -0.3 is 19.7 Å². The molecule has 0 saturated heterocycles. The van der Waals surface area contributed by atoms with Crippen molar-refractivity contribution in [3.05, 3.63) is 53.6 Å². The summed E-state index contributed by atoms with van der Waals surface area (Å²) in [6.07, 6.45) is 0.842. The van der Waals surface area contributed by atoms with E-state index >= 15 is 0 Å². The molecule has 6 heteroatoms. The maximum absolute atomic E-state index is 12.3. The topological polar surface area (TPSA) is 67.9 Å². The number of carbonyl (C=O) groups excluding carboxylic acids is 2. The second kappa shape index (κ2) is 10.3. The molecule has 0 bridgehead atoms. The zero-order valence-electron chi connectivity index (χ0n) is 17.0. The molecule has 6 nitrogen and oxygen atoms in total. The van der Waals surface area contributed by atoms with Crippen LogP contribution in [0, 0.1) is 0 Å². The Labute approximate surface area is 166 Å². The van der Waals surface area contributed by atoms with Crippen molar-refractivity contribution in [1.29, 1.82) is 0 Å². The molecule has 0 unspecified atom stereocenters. The first-order valence-corrected chi connectivity index (χ1v) is 9.42. The highest BCUT2D eigenvalue weighted by molar-refractivity contribution is 5.95. The molecule has 0 spiro atoms. The van der Waals surface area contributed by atoms with E-state index in [1.807, 2.05) is 32.0 Å². The summed E-state index contributed by atoms with van der Waals surface area (Å²) in [6.45, 7) is 5.24. The quantitative estimate of drug-likeness (QED) is 0.715. The fourth-order valence-electron chi connectivity index (χ4n) is 2.94. The number of carbonyl (C=O) groups is 2. The summed E-state index contributed by atoms with van der Waals surface area (Å²) in [6, 6.07) is 12.5. The Kier molecular flexibility index (Phi) is 7.87. The molecule has 0 aliphatic carbocycles. The fourth-order valence-corrected chi connectivity index (χ4v) is 2.94. The van der Waals surface area contributed by atoms with Gasteiger partial charge in [-0.1, -0.05) is 0 Å². The molecule has 2 aromatic rings. The molecule has 28 heavy (non-hydrogen) atoms. The van der Waals surface area contributed by atoms with Gasteiger partial charge in [0.2, 0.25) is 5.91 Å². The first kappa shape index (κ1) is 21.3. The van der Waals surface area contributed by atoms with Crippen molar-refractivity contribution in [2.75, 3.05) is 32.6 Å². The van der Waals surface area contributed by atoms with Gasteiger partial charge in [-0.25, -0.2) is 0 Å². The monoisotopic (exact) mass is 384 g/mol. The van der Waals surface area contributed by atoms with E-state index in [2.05, 4.69) is 5.32 Å². The van der Waals surface area contributed by atoms with E-state index in [0.717, 1.165) is 17.1 Å². The number of nitrogens with one attached hydrogen (secondary N) is 1. The third-order valence-electron chi connectivity index (χ3n) is 4.58. The van der Waals surface area contributed by atoms with Gasteiger partial charge in [-0.05, 0) is 68.3 Å². The number of amides is 2. The van der Waals surface area contributed by atoms with Crippen molar-refractivity contribution in [3.8, 4) is 11.5 Å². The minimum Gasteiger partial charge on any atom is -0.497 e. The predicted octanol–water partition coefficient (Wildman–Crippen LogP) is 3.76. The summed E-state index contributed by atoms with van der Waals surface area (Å²) >= 11 is 0. The van der Waals surface area contributed by atoms with Gasteiger partial charge in [0.15, 0.2) is 0 Å². The van der Waals surface area contributed by atoms with Gasteiger partial charge in [-0.15, -0.1) is 0 Å². The van der Waals surface area contributed by atoms with Crippen LogP contribution >= 0.6 is 0 Å².